The Kier molecular flexibility index (Phi) is 2.69. The van der Waals surface area contributed by atoms with Gasteiger partial charge in [0.25, 0.3) is 0 Å². The van der Waals surface area contributed by atoms with Crippen LogP contribution in [0.2, 0.25) is 0 Å². The summed E-state index contributed by atoms with van der Waals surface area (Å²) in [4.78, 5) is 12.7. The van der Waals surface area contributed by atoms with Crippen molar-refractivity contribution < 1.29 is 9.53 Å². The Morgan fingerprint density at radius 1 is 1.56 bits per heavy atom. The van der Waals surface area contributed by atoms with Gasteiger partial charge in [-0.05, 0) is 18.5 Å². The molecule has 84 valence electrons. The number of ether oxygens (including phenoxy) is 1. The second-order valence-corrected chi connectivity index (χ2v) is 3.96. The van der Waals surface area contributed by atoms with Gasteiger partial charge in [-0.2, -0.15) is 5.10 Å². The minimum atomic E-state index is -0.163. The summed E-state index contributed by atoms with van der Waals surface area (Å²) in [6, 6.07) is 0. The molecule has 6 nitrogen and oxygen atoms in total. The third kappa shape index (κ3) is 1.58. The van der Waals surface area contributed by atoms with E-state index in [1.165, 1.54) is 18.0 Å². The fourth-order valence-corrected chi connectivity index (χ4v) is 1.97. The molecule has 0 radical (unpaired) electrons. The molecule has 0 saturated heterocycles. The average Bonchev–Trinajstić information content (AvgIpc) is 2.83. The van der Waals surface area contributed by atoms with E-state index in [4.69, 9.17) is 4.74 Å². The van der Waals surface area contributed by atoms with Crippen molar-refractivity contribution in [2.24, 2.45) is 7.05 Å². The molecule has 0 fully saturated rings. The molecular weight excluding hydrogens is 228 g/mol. The monoisotopic (exact) mass is 238 g/mol. The average molecular weight is 238 g/mol. The SMILES string of the molecule is COc1cnn(C)c1C(=O)c1snnc1C. The first-order valence-corrected chi connectivity index (χ1v) is 5.32. The number of hydrogen-bond donors (Lipinski definition) is 0. The number of nitrogens with zero attached hydrogens (tertiary/aromatic N) is 4. The van der Waals surface area contributed by atoms with Crippen molar-refractivity contribution in [1.82, 2.24) is 19.4 Å². The molecule has 16 heavy (non-hydrogen) atoms. The first-order valence-electron chi connectivity index (χ1n) is 4.54. The molecule has 0 aromatic carbocycles. The number of aryl methyl sites for hydroxylation is 2. The van der Waals surface area contributed by atoms with Crippen molar-refractivity contribution in [3.05, 3.63) is 22.5 Å². The van der Waals surface area contributed by atoms with Gasteiger partial charge in [0, 0.05) is 7.05 Å². The summed E-state index contributed by atoms with van der Waals surface area (Å²) in [5.74, 6) is 0.296. The smallest absolute Gasteiger partial charge is 0.228 e. The number of aromatic nitrogens is 4. The summed E-state index contributed by atoms with van der Waals surface area (Å²) >= 11 is 1.08. The van der Waals surface area contributed by atoms with Crippen molar-refractivity contribution in [1.29, 1.82) is 0 Å². The minimum absolute atomic E-state index is 0.163. The molecule has 0 bridgehead atoms. The number of carbonyl (C=O) groups is 1. The van der Waals surface area contributed by atoms with E-state index in [2.05, 4.69) is 14.7 Å². The molecule has 0 amide bonds. The van der Waals surface area contributed by atoms with Crippen molar-refractivity contribution in [2.75, 3.05) is 7.11 Å². The summed E-state index contributed by atoms with van der Waals surface area (Å²) in [7, 11) is 3.20. The molecule has 0 unspecified atom stereocenters. The molecule has 0 aliphatic rings. The molecule has 2 aromatic rings. The first kappa shape index (κ1) is 10.7. The quantitative estimate of drug-likeness (QED) is 0.740. The Morgan fingerprint density at radius 2 is 2.31 bits per heavy atom. The van der Waals surface area contributed by atoms with E-state index < -0.39 is 0 Å². The highest BCUT2D eigenvalue weighted by atomic mass is 32.1. The number of rotatable bonds is 3. The zero-order valence-electron chi connectivity index (χ0n) is 9.09. The van der Waals surface area contributed by atoms with Gasteiger partial charge in [-0.15, -0.1) is 5.10 Å². The van der Waals surface area contributed by atoms with E-state index in [1.54, 1.807) is 14.0 Å². The Labute approximate surface area is 96.0 Å². The maximum absolute atomic E-state index is 12.2. The second-order valence-electron chi connectivity index (χ2n) is 3.20. The highest BCUT2D eigenvalue weighted by molar-refractivity contribution is 7.08. The van der Waals surface area contributed by atoms with Gasteiger partial charge in [-0.1, -0.05) is 4.49 Å². The van der Waals surface area contributed by atoms with Crippen LogP contribution in [0.1, 0.15) is 21.1 Å². The van der Waals surface area contributed by atoms with Gasteiger partial charge in [0.15, 0.2) is 11.4 Å². The van der Waals surface area contributed by atoms with Crippen LogP contribution >= 0.6 is 11.5 Å². The zero-order valence-corrected chi connectivity index (χ0v) is 9.91. The lowest BCUT2D eigenvalue weighted by Crippen LogP contribution is -2.09. The molecule has 0 saturated carbocycles. The molecule has 2 rings (SSSR count). The van der Waals surface area contributed by atoms with Gasteiger partial charge >= 0.3 is 0 Å². The summed E-state index contributed by atoms with van der Waals surface area (Å²) in [5, 5.41) is 7.79. The third-order valence-corrected chi connectivity index (χ3v) is 3.02. The van der Waals surface area contributed by atoms with E-state index in [-0.39, 0.29) is 5.78 Å². The van der Waals surface area contributed by atoms with Crippen LogP contribution in [0.25, 0.3) is 0 Å². The Bertz CT molecular complexity index is 531. The fourth-order valence-electron chi connectivity index (χ4n) is 1.37. The first-order chi connectivity index (χ1) is 7.65. The van der Waals surface area contributed by atoms with E-state index in [9.17, 15) is 4.79 Å². The summed E-state index contributed by atoms with van der Waals surface area (Å²) in [6.07, 6.45) is 1.51. The van der Waals surface area contributed by atoms with Gasteiger partial charge in [0.05, 0.1) is 19.0 Å². The lowest BCUT2D eigenvalue weighted by molar-refractivity contribution is 0.103. The molecule has 2 aromatic heterocycles. The summed E-state index contributed by atoms with van der Waals surface area (Å²) in [6.45, 7) is 1.75. The van der Waals surface area contributed by atoms with Crippen LogP contribution in [0, 0.1) is 6.92 Å². The molecule has 0 aliphatic carbocycles. The van der Waals surface area contributed by atoms with E-state index in [0.717, 1.165) is 11.5 Å². The number of ketones is 1. The fraction of sp³-hybridized carbons (Fsp3) is 0.333. The van der Waals surface area contributed by atoms with E-state index >= 15 is 0 Å². The maximum Gasteiger partial charge on any atom is 0.228 e. The summed E-state index contributed by atoms with van der Waals surface area (Å²) < 4.78 is 10.3. The van der Waals surface area contributed by atoms with Crippen molar-refractivity contribution in [3.8, 4) is 5.75 Å². The van der Waals surface area contributed by atoms with Crippen LogP contribution in [0.15, 0.2) is 6.20 Å². The van der Waals surface area contributed by atoms with Gasteiger partial charge in [-0.25, -0.2) is 0 Å². The van der Waals surface area contributed by atoms with Crippen LogP contribution < -0.4 is 4.74 Å². The molecule has 0 atom stereocenters. The van der Waals surface area contributed by atoms with Crippen LogP contribution in [-0.4, -0.2) is 32.3 Å². The molecule has 0 aliphatic heterocycles. The van der Waals surface area contributed by atoms with Crippen LogP contribution in [-0.2, 0) is 7.05 Å². The molecule has 7 heteroatoms. The normalized spacial score (nSPS) is 10.4. The second kappa shape index (κ2) is 4.01. The number of carbonyl (C=O) groups excluding carboxylic acids is 1. The molecular formula is C9H10N4O2S. The van der Waals surface area contributed by atoms with Crippen LogP contribution in [0.3, 0.4) is 0 Å². The summed E-state index contributed by atoms with van der Waals surface area (Å²) in [5.41, 5.74) is 1.04. The predicted molar refractivity (Wildman–Crippen MR) is 57.8 cm³/mol. The van der Waals surface area contributed by atoms with Gasteiger partial charge in [-0.3, -0.25) is 9.48 Å². The minimum Gasteiger partial charge on any atom is -0.493 e. The van der Waals surface area contributed by atoms with Crippen LogP contribution in [0.4, 0.5) is 0 Å². The van der Waals surface area contributed by atoms with Crippen LogP contribution in [0.5, 0.6) is 5.75 Å². The van der Waals surface area contributed by atoms with Gasteiger partial charge in [0.2, 0.25) is 5.78 Å². The predicted octanol–water partition coefficient (Wildman–Crippen LogP) is 0.820. The molecule has 0 N–H and O–H groups in total. The topological polar surface area (TPSA) is 69.9 Å². The van der Waals surface area contributed by atoms with Crippen molar-refractivity contribution in [3.63, 3.8) is 0 Å². The maximum atomic E-state index is 12.2. The number of methoxy groups -OCH3 is 1. The Balaban J connectivity index is 2.49. The van der Waals surface area contributed by atoms with Gasteiger partial charge in [0.1, 0.15) is 4.88 Å². The molecule has 0 spiro atoms. The largest absolute Gasteiger partial charge is 0.493 e. The zero-order chi connectivity index (χ0) is 11.7. The lowest BCUT2D eigenvalue weighted by Gasteiger charge is -2.02. The lowest BCUT2D eigenvalue weighted by atomic mass is 10.2. The highest BCUT2D eigenvalue weighted by Gasteiger charge is 2.23. The third-order valence-electron chi connectivity index (χ3n) is 2.20. The highest BCUT2D eigenvalue weighted by Crippen LogP contribution is 2.22. The van der Waals surface area contributed by atoms with Crippen molar-refractivity contribution in [2.45, 2.75) is 6.92 Å². The van der Waals surface area contributed by atoms with E-state index in [1.807, 2.05) is 0 Å². The van der Waals surface area contributed by atoms with E-state index in [0.29, 0.717) is 22.0 Å². The van der Waals surface area contributed by atoms with Gasteiger partial charge < -0.3 is 4.74 Å². The standard InChI is InChI=1S/C9H10N4O2S/c1-5-9(16-12-11-5)8(14)7-6(15-3)4-10-13(7)2/h4H,1-3H3. The Hall–Kier alpha value is -1.76. The molecule has 2 heterocycles. The van der Waals surface area contributed by atoms with Crippen molar-refractivity contribution >= 4 is 17.3 Å². The Morgan fingerprint density at radius 3 is 2.88 bits per heavy atom. The number of hydrogen-bond acceptors (Lipinski definition) is 6.